The molecule has 4 aromatic rings. The van der Waals surface area contributed by atoms with Gasteiger partial charge in [0.1, 0.15) is 12.4 Å². The number of aromatic nitrogens is 3. The van der Waals surface area contributed by atoms with Crippen LogP contribution < -0.4 is 9.62 Å². The maximum Gasteiger partial charge on any atom is 0.324 e. The van der Waals surface area contributed by atoms with E-state index in [1.54, 1.807) is 41.1 Å². The average Bonchev–Trinajstić information content (AvgIpc) is 3.24. The van der Waals surface area contributed by atoms with Crippen LogP contribution in [-0.2, 0) is 14.8 Å². The molecule has 0 saturated heterocycles. The molecule has 182 valence electrons. The Hall–Kier alpha value is -3.38. The summed E-state index contributed by atoms with van der Waals surface area (Å²) in [6.45, 7) is -0.486. The lowest BCUT2D eigenvalue weighted by molar-refractivity contribution is -0.135. The topological polar surface area (TPSA) is 138 Å². The summed E-state index contributed by atoms with van der Waals surface area (Å²) in [5.41, 5.74) is 0.862. The quantitative estimate of drug-likeness (QED) is 0.296. The second-order valence-corrected chi connectivity index (χ2v) is 10.1. The van der Waals surface area contributed by atoms with Gasteiger partial charge in [0.05, 0.1) is 22.7 Å². The number of aliphatic hydroxyl groups is 1. The second kappa shape index (κ2) is 10.1. The molecule has 0 fully saturated rings. The Bertz CT molecular complexity index is 1470. The summed E-state index contributed by atoms with van der Waals surface area (Å²) < 4.78 is 29.2. The number of carboxylic acids is 1. The number of nitrogens with zero attached hydrogens (tertiary/aromatic N) is 4. The first-order valence-corrected chi connectivity index (χ1v) is 12.4. The highest BCUT2D eigenvalue weighted by Crippen LogP contribution is 2.31. The van der Waals surface area contributed by atoms with Crippen LogP contribution in [0.25, 0.3) is 16.7 Å². The van der Waals surface area contributed by atoms with Crippen molar-refractivity contribution in [2.24, 2.45) is 0 Å². The summed E-state index contributed by atoms with van der Waals surface area (Å²) in [7, 11) is -4.29. The van der Waals surface area contributed by atoms with Crippen molar-refractivity contribution in [3.63, 3.8) is 0 Å². The summed E-state index contributed by atoms with van der Waals surface area (Å²) in [5.74, 6) is -0.299. The van der Waals surface area contributed by atoms with Gasteiger partial charge < -0.3 is 15.5 Å². The van der Waals surface area contributed by atoms with Crippen molar-refractivity contribution < 1.29 is 23.4 Å². The van der Waals surface area contributed by atoms with Gasteiger partial charge in [-0.2, -0.15) is 0 Å². The molecule has 0 radical (unpaired) electrons. The fourth-order valence-corrected chi connectivity index (χ4v) is 5.59. The molecule has 0 aliphatic carbocycles. The number of hydrogen-bond donors (Lipinski definition) is 3. The molecule has 0 bridgehead atoms. The van der Waals surface area contributed by atoms with Crippen LogP contribution in [0, 0.1) is 0 Å². The van der Waals surface area contributed by atoms with Gasteiger partial charge in [0.15, 0.2) is 5.82 Å². The van der Waals surface area contributed by atoms with E-state index in [9.17, 15) is 18.3 Å². The minimum Gasteiger partial charge on any atom is -0.480 e. The molecular weight excluding hydrogens is 517 g/mol. The van der Waals surface area contributed by atoms with Crippen molar-refractivity contribution in [1.82, 2.24) is 14.8 Å². The van der Waals surface area contributed by atoms with Crippen LogP contribution >= 0.6 is 23.2 Å². The van der Waals surface area contributed by atoms with Gasteiger partial charge in [-0.3, -0.25) is 13.7 Å². The highest BCUT2D eigenvalue weighted by Gasteiger charge is 2.28. The van der Waals surface area contributed by atoms with Crippen LogP contribution in [0.15, 0.2) is 65.7 Å². The van der Waals surface area contributed by atoms with Gasteiger partial charge >= 0.3 is 5.97 Å². The smallest absolute Gasteiger partial charge is 0.324 e. The second-order valence-electron chi connectivity index (χ2n) is 7.37. The minimum absolute atomic E-state index is 0.0348. The number of fused-ring (bicyclic) bond motifs is 1. The molecule has 0 unspecified atom stereocenters. The van der Waals surface area contributed by atoms with E-state index in [-0.39, 0.29) is 27.2 Å². The third-order valence-corrected chi connectivity index (χ3v) is 7.17. The summed E-state index contributed by atoms with van der Waals surface area (Å²) in [4.78, 5) is 11.3. The van der Waals surface area contributed by atoms with E-state index in [4.69, 9.17) is 28.3 Å². The van der Waals surface area contributed by atoms with E-state index in [0.717, 1.165) is 4.31 Å². The average molecular weight is 536 g/mol. The number of anilines is 2. The number of carbonyl (C=O) groups is 1. The van der Waals surface area contributed by atoms with Crippen molar-refractivity contribution in [2.75, 3.05) is 29.3 Å². The Balaban J connectivity index is 1.72. The number of benzene rings is 2. The highest BCUT2D eigenvalue weighted by molar-refractivity contribution is 7.92. The zero-order chi connectivity index (χ0) is 25.2. The number of aliphatic hydroxyl groups excluding tert-OH is 1. The number of hydrogen-bond acceptors (Lipinski definition) is 7. The first-order valence-electron chi connectivity index (χ1n) is 10.2. The number of halogens is 2. The fraction of sp³-hybridized carbons (Fsp3) is 0.136. The van der Waals surface area contributed by atoms with Gasteiger partial charge in [-0.25, -0.2) is 8.42 Å². The molecule has 2 heterocycles. The molecule has 0 spiro atoms. The maximum absolute atomic E-state index is 13.3. The van der Waals surface area contributed by atoms with Crippen molar-refractivity contribution in [1.29, 1.82) is 0 Å². The largest absolute Gasteiger partial charge is 0.480 e. The zero-order valence-corrected chi connectivity index (χ0v) is 20.3. The molecule has 35 heavy (non-hydrogen) atoms. The molecule has 2 aromatic heterocycles. The Morgan fingerprint density at radius 3 is 2.40 bits per heavy atom. The number of carboxylic acid groups (broad SMARTS) is 1. The monoisotopic (exact) mass is 535 g/mol. The van der Waals surface area contributed by atoms with Crippen molar-refractivity contribution in [3.05, 3.63) is 70.8 Å². The number of sulfonamides is 1. The maximum atomic E-state index is 13.3. The van der Waals surface area contributed by atoms with Crippen molar-refractivity contribution in [3.8, 4) is 5.82 Å². The van der Waals surface area contributed by atoms with Crippen LogP contribution in [-0.4, -0.2) is 59.1 Å². The first kappa shape index (κ1) is 24.7. The van der Waals surface area contributed by atoms with Crippen molar-refractivity contribution >= 4 is 61.6 Å². The predicted octanol–water partition coefficient (Wildman–Crippen LogP) is 3.41. The molecule has 4 rings (SSSR count). The molecule has 2 aromatic carbocycles. The Morgan fingerprint density at radius 1 is 1.03 bits per heavy atom. The van der Waals surface area contributed by atoms with E-state index < -0.39 is 22.5 Å². The summed E-state index contributed by atoms with van der Waals surface area (Å²) >= 11 is 11.9. The van der Waals surface area contributed by atoms with Crippen LogP contribution in [0.5, 0.6) is 0 Å². The van der Waals surface area contributed by atoms with Crippen LogP contribution in [0.3, 0.4) is 0 Å². The summed E-state index contributed by atoms with van der Waals surface area (Å²) in [6.07, 6.45) is 1.74. The highest BCUT2D eigenvalue weighted by atomic mass is 35.5. The van der Waals surface area contributed by atoms with Crippen molar-refractivity contribution in [2.45, 2.75) is 4.90 Å². The standard InChI is InChI=1S/C22H19Cl2N5O5S/c23-15-10-16(24)12-18(11-15)35(33,34)29(13-22(31)32)17-1-2-19-14(9-17)5-7-28(19)21-4-3-20(26-27-21)25-6-8-30/h1-5,7,9-12,30H,6,8,13H2,(H,25,26)(H,31,32). The molecule has 0 aliphatic rings. The van der Waals surface area contributed by atoms with Gasteiger partial charge in [-0.1, -0.05) is 23.2 Å². The Morgan fingerprint density at radius 2 is 1.77 bits per heavy atom. The van der Waals surface area contributed by atoms with Gasteiger partial charge in [0.25, 0.3) is 10.0 Å². The van der Waals surface area contributed by atoms with E-state index in [0.29, 0.717) is 29.1 Å². The van der Waals surface area contributed by atoms with Gasteiger partial charge in [0.2, 0.25) is 0 Å². The van der Waals surface area contributed by atoms with Crippen LogP contribution in [0.2, 0.25) is 10.0 Å². The Kier molecular flexibility index (Phi) is 7.13. The normalized spacial score (nSPS) is 11.5. The molecule has 3 N–H and O–H groups in total. The molecule has 0 amide bonds. The predicted molar refractivity (Wildman–Crippen MR) is 133 cm³/mol. The van der Waals surface area contributed by atoms with Crippen LogP contribution in [0.4, 0.5) is 11.5 Å². The molecule has 10 nitrogen and oxygen atoms in total. The zero-order valence-electron chi connectivity index (χ0n) is 18.0. The SMILES string of the molecule is O=C(O)CN(c1ccc2c(ccn2-c2ccc(NCCO)nn2)c1)S(=O)(=O)c1cc(Cl)cc(Cl)c1. The lowest BCUT2D eigenvalue weighted by Gasteiger charge is -2.23. The van der Waals surface area contributed by atoms with Gasteiger partial charge in [-0.05, 0) is 54.6 Å². The molecular formula is C22H19Cl2N5O5S. The molecule has 0 saturated carbocycles. The first-order chi connectivity index (χ1) is 16.7. The third kappa shape index (κ3) is 5.33. The van der Waals surface area contributed by atoms with E-state index in [2.05, 4.69) is 15.5 Å². The van der Waals surface area contributed by atoms with Gasteiger partial charge in [-0.15, -0.1) is 10.2 Å². The lowest BCUT2D eigenvalue weighted by atomic mass is 10.2. The number of rotatable bonds is 9. The summed E-state index contributed by atoms with van der Waals surface area (Å²) in [5, 5.41) is 30.3. The van der Waals surface area contributed by atoms with Gasteiger partial charge in [0, 0.05) is 28.2 Å². The summed E-state index contributed by atoms with van der Waals surface area (Å²) in [6, 6.07) is 13.8. The third-order valence-electron chi connectivity index (χ3n) is 4.98. The molecule has 0 atom stereocenters. The number of nitrogens with one attached hydrogen (secondary N) is 1. The Labute approximate surface area is 210 Å². The van der Waals surface area contributed by atoms with E-state index in [1.165, 1.54) is 24.3 Å². The minimum atomic E-state index is -4.29. The molecule has 0 aliphatic heterocycles. The fourth-order valence-electron chi connectivity index (χ4n) is 3.46. The molecule has 13 heteroatoms. The van der Waals surface area contributed by atoms with E-state index >= 15 is 0 Å². The number of aliphatic carboxylic acids is 1. The van der Waals surface area contributed by atoms with Crippen LogP contribution in [0.1, 0.15) is 0 Å². The van der Waals surface area contributed by atoms with E-state index in [1.807, 2.05) is 0 Å². The lowest BCUT2D eigenvalue weighted by Crippen LogP contribution is -2.35.